The highest BCUT2D eigenvalue weighted by molar-refractivity contribution is 5.96. The van der Waals surface area contributed by atoms with E-state index in [0.29, 0.717) is 12.4 Å². The van der Waals surface area contributed by atoms with Crippen molar-refractivity contribution in [2.24, 2.45) is 0 Å². The Labute approximate surface area is 199 Å². The van der Waals surface area contributed by atoms with Crippen molar-refractivity contribution in [1.82, 2.24) is 20.3 Å². The first-order valence-electron chi connectivity index (χ1n) is 11.8. The zero-order valence-electron chi connectivity index (χ0n) is 20.0. The van der Waals surface area contributed by atoms with Gasteiger partial charge in [-0.2, -0.15) is 0 Å². The number of fused-ring (bicyclic) bond motifs is 2. The smallest absolute Gasteiger partial charge is 0.413 e. The van der Waals surface area contributed by atoms with Crippen molar-refractivity contribution in [2.75, 3.05) is 47.8 Å². The third kappa shape index (κ3) is 4.75. The second-order valence-corrected chi connectivity index (χ2v) is 9.71. The van der Waals surface area contributed by atoms with Crippen molar-refractivity contribution < 1.29 is 9.53 Å². The van der Waals surface area contributed by atoms with Crippen molar-refractivity contribution in [3.63, 3.8) is 0 Å². The number of carbonyl (C=O) groups is 1. The summed E-state index contributed by atoms with van der Waals surface area (Å²) in [6.45, 7) is 10.8. The highest BCUT2D eigenvalue weighted by Crippen LogP contribution is 2.33. The molecule has 9 heteroatoms. The third-order valence-corrected chi connectivity index (χ3v) is 6.05. The molecule has 1 fully saturated rings. The zero-order valence-corrected chi connectivity index (χ0v) is 20.0. The number of benzene rings is 1. The van der Waals surface area contributed by atoms with Crippen LogP contribution in [0, 0.1) is 0 Å². The van der Waals surface area contributed by atoms with Gasteiger partial charge in [0.15, 0.2) is 0 Å². The Bertz CT molecular complexity index is 1200. The fourth-order valence-corrected chi connectivity index (χ4v) is 4.56. The maximum atomic E-state index is 12.4. The van der Waals surface area contributed by atoms with Crippen LogP contribution in [-0.2, 0) is 17.7 Å². The largest absolute Gasteiger partial charge is 0.444 e. The fraction of sp³-hybridized carbons (Fsp3) is 0.440. The number of amides is 1. The minimum absolute atomic E-state index is 0.470. The molecule has 2 aliphatic rings. The average molecular weight is 462 g/mol. The Balaban J connectivity index is 1.45. The first kappa shape index (κ1) is 22.3. The van der Waals surface area contributed by atoms with Crippen LogP contribution in [-0.4, -0.2) is 59.4 Å². The van der Waals surface area contributed by atoms with E-state index in [2.05, 4.69) is 36.5 Å². The summed E-state index contributed by atoms with van der Waals surface area (Å²) < 4.78 is 5.43. The molecule has 0 radical (unpaired) electrons. The molecule has 5 rings (SSSR count). The van der Waals surface area contributed by atoms with Crippen LogP contribution in [0.2, 0.25) is 0 Å². The molecule has 178 valence electrons. The summed E-state index contributed by atoms with van der Waals surface area (Å²) in [5, 5.41) is 8.25. The van der Waals surface area contributed by atoms with Gasteiger partial charge in [0.05, 0.1) is 12.2 Å². The van der Waals surface area contributed by atoms with E-state index in [1.54, 1.807) is 6.33 Å². The minimum Gasteiger partial charge on any atom is -0.444 e. The number of anilines is 3. The molecule has 2 aromatic heterocycles. The monoisotopic (exact) mass is 461 g/mol. The second-order valence-electron chi connectivity index (χ2n) is 9.71. The number of ether oxygens (including phenoxy) is 1. The van der Waals surface area contributed by atoms with Gasteiger partial charge in [0.25, 0.3) is 0 Å². The first-order chi connectivity index (χ1) is 16.4. The van der Waals surface area contributed by atoms with E-state index in [9.17, 15) is 4.79 Å². The van der Waals surface area contributed by atoms with E-state index in [4.69, 9.17) is 9.72 Å². The summed E-state index contributed by atoms with van der Waals surface area (Å²) in [7, 11) is 0. The van der Waals surface area contributed by atoms with Crippen LogP contribution in [0.1, 0.15) is 32.0 Å². The molecular weight excluding hydrogens is 430 g/mol. The molecule has 34 heavy (non-hydrogen) atoms. The molecule has 4 heterocycles. The molecule has 1 saturated heterocycles. The van der Waals surface area contributed by atoms with Gasteiger partial charge in [0, 0.05) is 43.7 Å². The summed E-state index contributed by atoms with van der Waals surface area (Å²) in [6.07, 6.45) is 2.00. The molecule has 0 atom stereocenters. The van der Waals surface area contributed by atoms with Gasteiger partial charge in [0.2, 0.25) is 0 Å². The van der Waals surface area contributed by atoms with Gasteiger partial charge in [-0.1, -0.05) is 24.3 Å². The molecular formula is C25H31N7O2. The predicted molar refractivity (Wildman–Crippen MR) is 133 cm³/mol. The van der Waals surface area contributed by atoms with Gasteiger partial charge in [-0.3, -0.25) is 5.32 Å². The minimum atomic E-state index is -0.581. The predicted octanol–water partition coefficient (Wildman–Crippen LogP) is 3.34. The maximum Gasteiger partial charge on any atom is 0.413 e. The van der Waals surface area contributed by atoms with Crippen molar-refractivity contribution >= 4 is 34.3 Å². The molecule has 1 amide bonds. The van der Waals surface area contributed by atoms with E-state index < -0.39 is 11.7 Å². The van der Waals surface area contributed by atoms with Gasteiger partial charge in [-0.05, 0) is 38.6 Å². The maximum absolute atomic E-state index is 12.4. The molecule has 0 unspecified atom stereocenters. The Hall–Kier alpha value is -3.46. The van der Waals surface area contributed by atoms with E-state index in [1.165, 1.54) is 5.56 Å². The molecule has 9 nitrogen and oxygen atoms in total. The highest BCUT2D eigenvalue weighted by Gasteiger charge is 2.26. The number of hydrogen-bond donors (Lipinski definition) is 2. The lowest BCUT2D eigenvalue weighted by molar-refractivity contribution is 0.0635. The van der Waals surface area contributed by atoms with Crippen LogP contribution in [0.4, 0.5) is 22.2 Å². The molecule has 0 saturated carbocycles. The molecule has 1 aromatic carbocycles. The van der Waals surface area contributed by atoms with E-state index in [0.717, 1.165) is 67.2 Å². The summed E-state index contributed by atoms with van der Waals surface area (Å²) in [6, 6.07) is 9.98. The number of rotatable bonds is 3. The number of hydrogen-bond acceptors (Lipinski definition) is 8. The van der Waals surface area contributed by atoms with Gasteiger partial charge >= 0.3 is 6.09 Å². The Kier molecular flexibility index (Phi) is 5.95. The number of pyridine rings is 1. The lowest BCUT2D eigenvalue weighted by atomic mass is 10.0. The van der Waals surface area contributed by atoms with E-state index in [-0.39, 0.29) is 0 Å². The molecule has 3 aromatic rings. The first-order valence-corrected chi connectivity index (χ1v) is 11.8. The van der Waals surface area contributed by atoms with E-state index >= 15 is 0 Å². The average Bonchev–Trinajstić information content (AvgIpc) is 2.82. The van der Waals surface area contributed by atoms with Crippen molar-refractivity contribution in [2.45, 2.75) is 39.3 Å². The van der Waals surface area contributed by atoms with Crippen molar-refractivity contribution in [3.05, 3.63) is 47.9 Å². The molecule has 0 spiro atoms. The van der Waals surface area contributed by atoms with Gasteiger partial charge in [0.1, 0.15) is 29.4 Å². The third-order valence-electron chi connectivity index (χ3n) is 6.05. The highest BCUT2D eigenvalue weighted by atomic mass is 16.6. The molecule has 2 N–H and O–H groups in total. The second kappa shape index (κ2) is 9.06. The molecule has 0 aliphatic carbocycles. The Morgan fingerprint density at radius 2 is 1.85 bits per heavy atom. The van der Waals surface area contributed by atoms with E-state index in [1.807, 2.05) is 45.0 Å². The van der Waals surface area contributed by atoms with Crippen LogP contribution in [0.15, 0.2) is 36.7 Å². The lowest BCUT2D eigenvalue weighted by Crippen LogP contribution is -2.45. The fourth-order valence-electron chi connectivity index (χ4n) is 4.56. The quantitative estimate of drug-likeness (QED) is 0.613. The number of piperazine rings is 1. The Morgan fingerprint density at radius 3 is 2.65 bits per heavy atom. The number of aromatic nitrogens is 3. The standard InChI is InChI=1S/C25H31N7O2/c1-25(2,3)34-24(33)30-21-14-17-6-4-5-7-18(17)23(29-21)32-11-8-19-20(15-32)27-16-28-22(19)31-12-9-26-10-13-31/h4-7,14,16,26H,8-13,15H2,1-3H3,(H,29,30,33). The van der Waals surface area contributed by atoms with Crippen LogP contribution in [0.3, 0.4) is 0 Å². The lowest BCUT2D eigenvalue weighted by Gasteiger charge is -2.34. The summed E-state index contributed by atoms with van der Waals surface area (Å²) >= 11 is 0. The van der Waals surface area contributed by atoms with Crippen LogP contribution < -0.4 is 20.4 Å². The van der Waals surface area contributed by atoms with Crippen molar-refractivity contribution in [1.29, 1.82) is 0 Å². The summed E-state index contributed by atoms with van der Waals surface area (Å²) in [5.41, 5.74) is 1.68. The zero-order chi connectivity index (χ0) is 23.7. The topological polar surface area (TPSA) is 95.5 Å². The molecule has 2 aliphatic heterocycles. The van der Waals surface area contributed by atoms with Crippen molar-refractivity contribution in [3.8, 4) is 0 Å². The van der Waals surface area contributed by atoms with Gasteiger partial charge in [-0.15, -0.1) is 0 Å². The number of nitrogens with zero attached hydrogens (tertiary/aromatic N) is 5. The van der Waals surface area contributed by atoms with Gasteiger partial charge < -0.3 is 19.9 Å². The molecule has 0 bridgehead atoms. The van der Waals surface area contributed by atoms with Gasteiger partial charge in [-0.25, -0.2) is 19.7 Å². The van der Waals surface area contributed by atoms with Crippen LogP contribution in [0.5, 0.6) is 0 Å². The number of carbonyl (C=O) groups excluding carboxylic acids is 1. The number of nitrogens with one attached hydrogen (secondary N) is 2. The normalized spacial score (nSPS) is 16.3. The summed E-state index contributed by atoms with van der Waals surface area (Å²) in [4.78, 5) is 31.1. The summed E-state index contributed by atoms with van der Waals surface area (Å²) in [5.74, 6) is 2.36. The Morgan fingerprint density at radius 1 is 1.06 bits per heavy atom. The van der Waals surface area contributed by atoms with Crippen LogP contribution in [0.25, 0.3) is 10.8 Å². The SMILES string of the molecule is CC(C)(C)OC(=O)Nc1cc2ccccc2c(N2CCc3c(ncnc3N3CCNCC3)C2)n1. The van der Waals surface area contributed by atoms with Crippen LogP contribution >= 0.6 is 0 Å².